The van der Waals surface area contributed by atoms with Gasteiger partial charge in [0.1, 0.15) is 22.9 Å². The summed E-state index contributed by atoms with van der Waals surface area (Å²) in [6.07, 6.45) is 10.8. The van der Waals surface area contributed by atoms with E-state index in [-0.39, 0.29) is 0 Å². The van der Waals surface area contributed by atoms with Crippen molar-refractivity contribution in [1.82, 2.24) is 24.3 Å². The highest BCUT2D eigenvalue weighted by atomic mass is 15.2. The third kappa shape index (κ3) is 3.96. The van der Waals surface area contributed by atoms with Crippen LogP contribution in [-0.2, 0) is 0 Å². The minimum Gasteiger partial charge on any atom is -0.382 e. The maximum atomic E-state index is 6.45. The van der Waals surface area contributed by atoms with E-state index in [1.807, 2.05) is 24.4 Å². The minimum absolute atomic E-state index is 0.425. The van der Waals surface area contributed by atoms with Gasteiger partial charge in [-0.3, -0.25) is 9.30 Å². The first-order chi connectivity index (χ1) is 18.7. The number of nitrogens with zero attached hydrogens (tertiary/aromatic N) is 5. The van der Waals surface area contributed by atoms with E-state index in [4.69, 9.17) is 15.7 Å². The molecule has 1 saturated carbocycles. The van der Waals surface area contributed by atoms with Crippen LogP contribution in [0.5, 0.6) is 0 Å². The molecule has 0 atom stereocenters. The molecule has 2 N–H and O–H groups in total. The molecule has 1 saturated heterocycles. The predicted octanol–water partition coefficient (Wildman–Crippen LogP) is 6.48. The Hall–Kier alpha value is -4.03. The van der Waals surface area contributed by atoms with Gasteiger partial charge in [-0.2, -0.15) is 0 Å². The minimum atomic E-state index is 0.425. The number of aromatic nitrogens is 4. The van der Waals surface area contributed by atoms with Crippen molar-refractivity contribution in [3.05, 3.63) is 90.5 Å². The van der Waals surface area contributed by atoms with Gasteiger partial charge in [0, 0.05) is 54.0 Å². The van der Waals surface area contributed by atoms with E-state index < -0.39 is 0 Å². The standard InChI is InChI=1S/C32H32N6/c1-2-21-12-15-37(16-13-21)26-18-25(19-26)32-36-29(30-31(33)34-14-17-38(30)32)24-9-8-23-10-11-27(35-28(23)20-24)22-6-4-3-5-7-22/h2-11,14,17,20,25-26H,12-13,15-16,18-19H2,1H3,(H2,33,34)/t25-,26+. The maximum absolute atomic E-state index is 6.45. The van der Waals surface area contributed by atoms with Gasteiger partial charge in [-0.25, -0.2) is 15.0 Å². The van der Waals surface area contributed by atoms with E-state index in [0.29, 0.717) is 17.8 Å². The molecule has 2 aromatic carbocycles. The number of rotatable bonds is 4. The van der Waals surface area contributed by atoms with E-state index in [1.165, 1.54) is 25.9 Å². The van der Waals surface area contributed by atoms with Gasteiger partial charge in [0.15, 0.2) is 0 Å². The lowest BCUT2D eigenvalue weighted by molar-refractivity contribution is 0.0974. The zero-order chi connectivity index (χ0) is 25.6. The van der Waals surface area contributed by atoms with Crippen LogP contribution in [0.25, 0.3) is 38.9 Å². The second-order valence-electron chi connectivity index (χ2n) is 10.6. The summed E-state index contributed by atoms with van der Waals surface area (Å²) >= 11 is 0. The van der Waals surface area contributed by atoms with Crippen molar-refractivity contribution in [2.45, 2.75) is 44.6 Å². The summed E-state index contributed by atoms with van der Waals surface area (Å²) in [6.45, 7) is 4.52. The molecule has 0 amide bonds. The van der Waals surface area contributed by atoms with E-state index in [1.54, 1.807) is 11.8 Å². The predicted molar refractivity (Wildman–Crippen MR) is 154 cm³/mol. The van der Waals surface area contributed by atoms with Gasteiger partial charge in [-0.05, 0) is 44.7 Å². The van der Waals surface area contributed by atoms with Crippen LogP contribution in [0.2, 0.25) is 0 Å². The first-order valence-electron chi connectivity index (χ1n) is 13.6. The molecule has 2 fully saturated rings. The molecule has 38 heavy (non-hydrogen) atoms. The van der Waals surface area contributed by atoms with Gasteiger partial charge in [-0.1, -0.05) is 60.2 Å². The number of hydrogen-bond donors (Lipinski definition) is 1. The van der Waals surface area contributed by atoms with Crippen molar-refractivity contribution >= 4 is 22.2 Å². The number of nitrogen functional groups attached to an aromatic ring is 1. The Kier molecular flexibility index (Phi) is 5.70. The van der Waals surface area contributed by atoms with Crippen LogP contribution in [0, 0.1) is 0 Å². The summed E-state index contributed by atoms with van der Waals surface area (Å²) in [6, 6.07) is 21.5. The molecule has 2 aliphatic rings. The van der Waals surface area contributed by atoms with E-state index in [0.717, 1.165) is 57.6 Å². The Morgan fingerprint density at radius 3 is 2.50 bits per heavy atom. The summed E-state index contributed by atoms with van der Waals surface area (Å²) in [5, 5.41) is 1.10. The maximum Gasteiger partial charge on any atom is 0.150 e. The fourth-order valence-corrected chi connectivity index (χ4v) is 6.17. The smallest absolute Gasteiger partial charge is 0.150 e. The molecule has 1 aliphatic heterocycles. The molecule has 0 spiro atoms. The van der Waals surface area contributed by atoms with Crippen LogP contribution < -0.4 is 5.73 Å². The monoisotopic (exact) mass is 500 g/mol. The highest BCUT2D eigenvalue weighted by Crippen LogP contribution is 2.42. The molecule has 4 heterocycles. The third-order valence-corrected chi connectivity index (χ3v) is 8.49. The average molecular weight is 501 g/mol. The Morgan fingerprint density at radius 1 is 0.921 bits per heavy atom. The molecule has 0 bridgehead atoms. The molecular weight excluding hydrogens is 468 g/mol. The molecule has 7 rings (SSSR count). The molecule has 190 valence electrons. The van der Waals surface area contributed by atoms with Crippen LogP contribution in [0.15, 0.2) is 84.7 Å². The average Bonchev–Trinajstić information content (AvgIpc) is 3.33. The topological polar surface area (TPSA) is 72.3 Å². The number of piperidine rings is 1. The Morgan fingerprint density at radius 2 is 1.71 bits per heavy atom. The highest BCUT2D eigenvalue weighted by Gasteiger charge is 2.38. The van der Waals surface area contributed by atoms with Gasteiger partial charge in [-0.15, -0.1) is 0 Å². The Labute approximate surface area is 222 Å². The van der Waals surface area contributed by atoms with E-state index in [2.05, 4.69) is 69.7 Å². The number of allylic oxidation sites excluding steroid dienone is 1. The second-order valence-corrected chi connectivity index (χ2v) is 10.6. The normalized spacial score (nSPS) is 20.1. The van der Waals surface area contributed by atoms with E-state index in [9.17, 15) is 0 Å². The van der Waals surface area contributed by atoms with Crippen molar-refractivity contribution in [2.24, 2.45) is 0 Å². The number of likely N-dealkylation sites (tertiary alicyclic amines) is 1. The van der Waals surface area contributed by atoms with Crippen molar-refractivity contribution in [3.8, 4) is 22.5 Å². The molecule has 3 aromatic heterocycles. The van der Waals surface area contributed by atoms with Gasteiger partial charge >= 0.3 is 0 Å². The molecule has 0 radical (unpaired) electrons. The van der Waals surface area contributed by atoms with Crippen molar-refractivity contribution in [3.63, 3.8) is 0 Å². The summed E-state index contributed by atoms with van der Waals surface area (Å²) in [4.78, 5) is 17.3. The van der Waals surface area contributed by atoms with Crippen LogP contribution >= 0.6 is 0 Å². The van der Waals surface area contributed by atoms with Gasteiger partial charge < -0.3 is 5.73 Å². The number of nitrogens with two attached hydrogens (primary N) is 1. The van der Waals surface area contributed by atoms with Gasteiger partial charge in [0.05, 0.1) is 11.2 Å². The van der Waals surface area contributed by atoms with E-state index >= 15 is 0 Å². The number of fused-ring (bicyclic) bond motifs is 2. The number of pyridine rings is 1. The zero-order valence-corrected chi connectivity index (χ0v) is 21.7. The summed E-state index contributed by atoms with van der Waals surface area (Å²) in [7, 11) is 0. The molecular formula is C32H32N6. The van der Waals surface area contributed by atoms with Crippen LogP contribution in [0.1, 0.15) is 44.3 Å². The molecule has 6 nitrogen and oxygen atoms in total. The summed E-state index contributed by atoms with van der Waals surface area (Å²) < 4.78 is 2.17. The summed E-state index contributed by atoms with van der Waals surface area (Å²) in [5.74, 6) is 2.03. The Balaban J connectivity index is 1.22. The van der Waals surface area contributed by atoms with Crippen LogP contribution in [0.3, 0.4) is 0 Å². The fraction of sp³-hybridized carbons (Fsp3) is 0.281. The zero-order valence-electron chi connectivity index (χ0n) is 21.7. The van der Waals surface area contributed by atoms with Crippen molar-refractivity contribution in [2.75, 3.05) is 18.8 Å². The number of anilines is 1. The number of imidazole rings is 1. The van der Waals surface area contributed by atoms with Gasteiger partial charge in [0.2, 0.25) is 0 Å². The first kappa shape index (κ1) is 23.1. The first-order valence-corrected chi connectivity index (χ1v) is 13.6. The highest BCUT2D eigenvalue weighted by molar-refractivity contribution is 5.91. The van der Waals surface area contributed by atoms with Crippen LogP contribution in [0.4, 0.5) is 5.82 Å². The largest absolute Gasteiger partial charge is 0.382 e. The molecule has 1 aliphatic carbocycles. The molecule has 6 heteroatoms. The SMILES string of the molecule is CC=C1CCN([C@H]2C[C@@H](c3nc(-c4ccc5ccc(-c6ccccc6)nc5c4)c4c(N)nccn43)C2)CC1. The quantitative estimate of drug-likeness (QED) is 0.286. The third-order valence-electron chi connectivity index (χ3n) is 8.49. The van der Waals surface area contributed by atoms with Crippen molar-refractivity contribution in [1.29, 1.82) is 0 Å². The van der Waals surface area contributed by atoms with Gasteiger partial charge in [0.25, 0.3) is 0 Å². The lowest BCUT2D eigenvalue weighted by Gasteiger charge is -2.44. The Bertz CT molecular complexity index is 1650. The molecule has 0 unspecified atom stereocenters. The van der Waals surface area contributed by atoms with Crippen molar-refractivity contribution < 1.29 is 0 Å². The van der Waals surface area contributed by atoms with Crippen LogP contribution in [-0.4, -0.2) is 43.4 Å². The number of hydrogen-bond acceptors (Lipinski definition) is 5. The summed E-state index contributed by atoms with van der Waals surface area (Å²) in [5.41, 5.74) is 13.9. The molecule has 5 aromatic rings. The lowest BCUT2D eigenvalue weighted by atomic mass is 9.78. The second kappa shape index (κ2) is 9.37. The fourth-order valence-electron chi connectivity index (χ4n) is 6.17. The number of benzene rings is 2. The lowest BCUT2D eigenvalue weighted by Crippen LogP contribution is -2.46.